The standard InChI is InChI=1S/C61H40N2.C55H36N2/c1-3-16-41(17-4-1)42-30-34-47(35-31-42)62-57-28-13-9-24-51(57)53-38-43(32-36-59(53)62)44-33-37-60-54(39-44)52-25-10-14-29-58(52)63(60)48-21-15-20-46(40-48)61(45-18-5-2-6-19-45)55-26-11-7-22-49(55)50-23-8-12-27-56(50)61;1-3-16-39(17-4-1)55(49-26-11-7-22-43(49)44-23-8-12-27-50(44)55)40-18-15-21-42(36-40)57-52-29-14-10-25-46(52)48-35-38(31-33-54(48)57)37-30-32-53-47(34-37)45-24-9-13-28-51(45)56(53)41-19-5-2-6-20-41/h1-40H;1-36H. The van der Waals surface area contributed by atoms with Crippen LogP contribution in [0.15, 0.2) is 461 Å². The monoisotopic (exact) mass is 1520 g/mol. The highest BCUT2D eigenvalue weighted by Gasteiger charge is 2.48. The van der Waals surface area contributed by atoms with E-state index in [4.69, 9.17) is 0 Å². The van der Waals surface area contributed by atoms with Gasteiger partial charge >= 0.3 is 0 Å². The lowest BCUT2D eigenvalue weighted by molar-refractivity contribution is 0.767. The first-order valence-corrected chi connectivity index (χ1v) is 41.6. The molecule has 4 heterocycles. The van der Waals surface area contributed by atoms with Gasteiger partial charge in [0.2, 0.25) is 0 Å². The van der Waals surface area contributed by atoms with Crippen LogP contribution in [0.5, 0.6) is 0 Å². The summed E-state index contributed by atoms with van der Waals surface area (Å²) in [5.74, 6) is 0. The van der Waals surface area contributed by atoms with E-state index in [9.17, 15) is 0 Å². The molecule has 0 N–H and O–H groups in total. The zero-order chi connectivity index (χ0) is 79.0. The van der Waals surface area contributed by atoms with Crippen LogP contribution in [0.2, 0.25) is 0 Å². The molecule has 25 rings (SSSR count). The number of benzene rings is 19. The second-order valence-corrected chi connectivity index (χ2v) is 32.1. The Labute approximate surface area is 695 Å². The topological polar surface area (TPSA) is 19.7 Å². The molecule has 19 aromatic carbocycles. The van der Waals surface area contributed by atoms with Crippen LogP contribution in [0, 0.1) is 0 Å². The molecule has 0 radical (unpaired) electrons. The second kappa shape index (κ2) is 27.5. The molecule has 0 saturated carbocycles. The minimum atomic E-state index is -0.468. The van der Waals surface area contributed by atoms with Gasteiger partial charge in [-0.15, -0.1) is 0 Å². The molecule has 2 aliphatic rings. The summed E-state index contributed by atoms with van der Waals surface area (Å²) in [5, 5.41) is 9.99. The van der Waals surface area contributed by atoms with Crippen LogP contribution in [0.4, 0.5) is 0 Å². The summed E-state index contributed by atoms with van der Waals surface area (Å²) in [7, 11) is 0. The predicted molar refractivity (Wildman–Crippen MR) is 501 cm³/mol. The van der Waals surface area contributed by atoms with Gasteiger partial charge in [-0.2, -0.15) is 0 Å². The van der Waals surface area contributed by atoms with Gasteiger partial charge in [0.15, 0.2) is 0 Å². The average Bonchev–Trinajstić information content (AvgIpc) is 1.53. The molecule has 0 atom stereocenters. The molecule has 0 aliphatic heterocycles. The molecule has 0 fully saturated rings. The Morgan fingerprint density at radius 3 is 0.708 bits per heavy atom. The van der Waals surface area contributed by atoms with Gasteiger partial charge in [-0.05, 0) is 221 Å². The van der Waals surface area contributed by atoms with E-state index in [1.54, 1.807) is 0 Å². The number of nitrogens with zero attached hydrogens (tertiary/aromatic N) is 4. The SMILES string of the molecule is c1ccc(-c2ccc(-n3c4ccccc4c4cc(-c5ccc6c(c5)c5ccccc5n6-c5cccc(C6(c7ccccc7)c7ccccc7-c7ccccc76)c5)ccc43)cc2)cc1.c1ccc(-n2c3ccccc3c3cc(-c4ccc5c(c4)c4ccccc4n5-c4cccc(C5(c6ccccc6)c6ccccc6-c6ccccc65)c4)ccc32)cc1. The molecular formula is C116H76N4. The van der Waals surface area contributed by atoms with Crippen molar-refractivity contribution in [1.82, 2.24) is 18.3 Å². The Balaban J connectivity index is 0.000000137. The normalized spacial score (nSPS) is 13.0. The quantitative estimate of drug-likeness (QED) is 0.123. The summed E-state index contributed by atoms with van der Waals surface area (Å²) < 4.78 is 9.70. The van der Waals surface area contributed by atoms with Crippen LogP contribution in [-0.4, -0.2) is 18.3 Å². The first-order valence-electron chi connectivity index (χ1n) is 41.6. The molecule has 0 spiro atoms. The van der Waals surface area contributed by atoms with E-state index in [0.717, 1.165) is 17.1 Å². The van der Waals surface area contributed by atoms with Crippen molar-refractivity contribution in [3.8, 4) is 78.4 Å². The van der Waals surface area contributed by atoms with Crippen LogP contribution in [-0.2, 0) is 10.8 Å². The van der Waals surface area contributed by atoms with E-state index in [-0.39, 0.29) is 0 Å². The van der Waals surface area contributed by atoms with Gasteiger partial charge in [0.05, 0.1) is 55.0 Å². The summed E-state index contributed by atoms with van der Waals surface area (Å²) in [6, 6.07) is 170. The molecule has 2 aliphatic carbocycles. The number of hydrogen-bond acceptors (Lipinski definition) is 0. The van der Waals surface area contributed by atoms with Crippen LogP contribution >= 0.6 is 0 Å². The summed E-state index contributed by atoms with van der Waals surface area (Å²) in [5.41, 5.74) is 36.1. The molecule has 23 aromatic rings. The van der Waals surface area contributed by atoms with Crippen LogP contribution in [0.1, 0.15) is 44.5 Å². The Kier molecular flexibility index (Phi) is 15.8. The molecule has 0 amide bonds. The first kappa shape index (κ1) is 68.8. The molecule has 120 heavy (non-hydrogen) atoms. The number of hydrogen-bond donors (Lipinski definition) is 0. The zero-order valence-corrected chi connectivity index (χ0v) is 65.7. The van der Waals surface area contributed by atoms with Crippen molar-refractivity contribution in [3.63, 3.8) is 0 Å². The zero-order valence-electron chi connectivity index (χ0n) is 65.7. The maximum Gasteiger partial charge on any atom is 0.0714 e. The fourth-order valence-electron chi connectivity index (χ4n) is 20.9. The number of rotatable bonds is 11. The highest BCUT2D eigenvalue weighted by Crippen LogP contribution is 2.59. The average molecular weight is 1530 g/mol. The third-order valence-corrected chi connectivity index (χ3v) is 26.0. The van der Waals surface area contributed by atoms with E-state index in [1.165, 1.54) is 193 Å². The molecular weight excluding hydrogens is 1450 g/mol. The van der Waals surface area contributed by atoms with Crippen molar-refractivity contribution in [2.24, 2.45) is 0 Å². The van der Waals surface area contributed by atoms with Crippen molar-refractivity contribution in [2.75, 3.05) is 0 Å². The fourth-order valence-corrected chi connectivity index (χ4v) is 20.9. The summed E-state index contributed by atoms with van der Waals surface area (Å²) in [4.78, 5) is 0. The van der Waals surface area contributed by atoms with Gasteiger partial charge in [0.1, 0.15) is 0 Å². The van der Waals surface area contributed by atoms with Crippen LogP contribution < -0.4 is 0 Å². The van der Waals surface area contributed by atoms with Gasteiger partial charge in [0, 0.05) is 65.8 Å². The van der Waals surface area contributed by atoms with Crippen molar-refractivity contribution < 1.29 is 0 Å². The number of aromatic nitrogens is 4. The maximum absolute atomic E-state index is 2.46. The van der Waals surface area contributed by atoms with Crippen molar-refractivity contribution in [3.05, 3.63) is 506 Å². The van der Waals surface area contributed by atoms with E-state index in [2.05, 4.69) is 479 Å². The molecule has 4 aromatic heterocycles. The third-order valence-electron chi connectivity index (χ3n) is 26.0. The van der Waals surface area contributed by atoms with E-state index >= 15 is 0 Å². The molecule has 0 bridgehead atoms. The Morgan fingerprint density at radius 1 is 0.133 bits per heavy atom. The van der Waals surface area contributed by atoms with Gasteiger partial charge < -0.3 is 18.3 Å². The lowest BCUT2D eigenvalue weighted by Crippen LogP contribution is -2.28. The van der Waals surface area contributed by atoms with E-state index in [0.29, 0.717) is 0 Å². The number of para-hydroxylation sites is 5. The van der Waals surface area contributed by atoms with E-state index < -0.39 is 10.8 Å². The Hall–Kier alpha value is -15.6. The van der Waals surface area contributed by atoms with Gasteiger partial charge in [-0.1, -0.05) is 340 Å². The van der Waals surface area contributed by atoms with Crippen molar-refractivity contribution in [2.45, 2.75) is 10.8 Å². The van der Waals surface area contributed by atoms with Gasteiger partial charge in [-0.3, -0.25) is 0 Å². The predicted octanol–water partition coefficient (Wildman–Crippen LogP) is 29.5. The Bertz CT molecular complexity index is 7920. The number of fused-ring (bicyclic) bond motifs is 18. The highest BCUT2D eigenvalue weighted by atomic mass is 15.0. The summed E-state index contributed by atoms with van der Waals surface area (Å²) >= 11 is 0. The first-order chi connectivity index (χ1) is 59.5. The lowest BCUT2D eigenvalue weighted by Gasteiger charge is -2.34. The van der Waals surface area contributed by atoms with Gasteiger partial charge in [-0.25, -0.2) is 0 Å². The van der Waals surface area contributed by atoms with Crippen molar-refractivity contribution in [1.29, 1.82) is 0 Å². The largest absolute Gasteiger partial charge is 0.309 e. The van der Waals surface area contributed by atoms with E-state index in [1.807, 2.05) is 0 Å². The molecule has 0 unspecified atom stereocenters. The lowest BCUT2D eigenvalue weighted by atomic mass is 9.67. The molecule has 4 heteroatoms. The maximum atomic E-state index is 2.46. The van der Waals surface area contributed by atoms with Crippen LogP contribution in [0.3, 0.4) is 0 Å². The Morgan fingerprint density at radius 2 is 0.367 bits per heavy atom. The molecule has 4 nitrogen and oxygen atoms in total. The van der Waals surface area contributed by atoms with Crippen LogP contribution in [0.25, 0.3) is 166 Å². The minimum absolute atomic E-state index is 0.460. The van der Waals surface area contributed by atoms with Gasteiger partial charge in [0.25, 0.3) is 0 Å². The third kappa shape index (κ3) is 10.4. The van der Waals surface area contributed by atoms with Crippen molar-refractivity contribution >= 4 is 87.2 Å². The second-order valence-electron chi connectivity index (χ2n) is 32.1. The molecule has 560 valence electrons. The summed E-state index contributed by atoms with van der Waals surface area (Å²) in [6.07, 6.45) is 0. The summed E-state index contributed by atoms with van der Waals surface area (Å²) in [6.45, 7) is 0. The highest BCUT2D eigenvalue weighted by molar-refractivity contribution is 6.15. The minimum Gasteiger partial charge on any atom is -0.309 e. The fraction of sp³-hybridized carbons (Fsp3) is 0.0172. The smallest absolute Gasteiger partial charge is 0.0714 e. The molecule has 0 saturated heterocycles.